The van der Waals surface area contributed by atoms with Crippen molar-refractivity contribution in [3.05, 3.63) is 52.9 Å². The largest absolute Gasteiger partial charge is 0.363 e. The molecule has 0 aliphatic heterocycles. The van der Waals surface area contributed by atoms with E-state index >= 15 is 0 Å². The topological polar surface area (TPSA) is 38.4 Å². The van der Waals surface area contributed by atoms with Gasteiger partial charge in [-0.3, -0.25) is 8.97 Å². The van der Waals surface area contributed by atoms with Crippen LogP contribution in [0.1, 0.15) is 43.7 Å². The van der Waals surface area contributed by atoms with Gasteiger partial charge in [-0.2, -0.15) is 0 Å². The molecule has 0 spiro atoms. The Labute approximate surface area is 170 Å². The second kappa shape index (κ2) is 7.13. The monoisotopic (exact) mass is 394 g/mol. The van der Waals surface area contributed by atoms with Gasteiger partial charge in [0.2, 0.25) is 5.78 Å². The van der Waals surface area contributed by atoms with Crippen LogP contribution in [0.25, 0.3) is 22.5 Å². The minimum absolute atomic E-state index is 0.478. The molecule has 0 amide bonds. The van der Waals surface area contributed by atoms with Crippen molar-refractivity contribution in [3.63, 3.8) is 0 Å². The van der Waals surface area contributed by atoms with Gasteiger partial charge in [0, 0.05) is 20.3 Å². The minimum atomic E-state index is 0.478. The standard InChI is InChI=1S/C22H25ClN5/c1-6-15(7-2)16-8-9-17(23)20-21(16)28-11-10-27(22(28)25-20)18-13-24-19(26(4)5)12-14(18)3/h8-9,11-13,15H,6-7H2,1-5H3. The van der Waals surface area contributed by atoms with E-state index in [4.69, 9.17) is 16.6 Å². The Bertz CT molecular complexity index is 1150. The number of pyridine rings is 1. The second-order valence-corrected chi connectivity index (χ2v) is 7.85. The first-order chi connectivity index (χ1) is 13.5. The Balaban J connectivity index is 1.97. The van der Waals surface area contributed by atoms with E-state index in [9.17, 15) is 0 Å². The first kappa shape index (κ1) is 18.8. The number of aryl methyl sites for hydroxylation is 1. The van der Waals surface area contributed by atoms with Gasteiger partial charge in [-0.05, 0) is 48.9 Å². The Morgan fingerprint density at radius 1 is 1.21 bits per heavy atom. The van der Waals surface area contributed by atoms with Crippen molar-refractivity contribution < 1.29 is 0 Å². The predicted octanol–water partition coefficient (Wildman–Crippen LogP) is 5.40. The molecule has 0 unspecified atom stereocenters. The van der Waals surface area contributed by atoms with Gasteiger partial charge >= 0.3 is 0 Å². The predicted molar refractivity (Wildman–Crippen MR) is 116 cm³/mol. The summed E-state index contributed by atoms with van der Waals surface area (Å²) in [7, 11) is 3.98. The van der Waals surface area contributed by atoms with Crippen LogP contribution >= 0.6 is 11.6 Å². The normalized spacial score (nSPS) is 11.8. The third-order valence-corrected chi connectivity index (χ3v) is 5.82. The van der Waals surface area contributed by atoms with E-state index in [0.29, 0.717) is 10.9 Å². The first-order valence-electron chi connectivity index (χ1n) is 9.70. The van der Waals surface area contributed by atoms with Gasteiger partial charge in [0.05, 0.1) is 28.6 Å². The molecule has 28 heavy (non-hydrogen) atoms. The molecule has 0 aliphatic carbocycles. The van der Waals surface area contributed by atoms with Crippen molar-refractivity contribution in [2.24, 2.45) is 0 Å². The molecule has 5 nitrogen and oxygen atoms in total. The smallest absolute Gasteiger partial charge is 0.220 e. The third-order valence-electron chi connectivity index (χ3n) is 5.51. The Hall–Kier alpha value is -2.53. The van der Waals surface area contributed by atoms with Crippen LogP contribution < -0.4 is 4.90 Å². The maximum Gasteiger partial charge on any atom is 0.220 e. The van der Waals surface area contributed by atoms with Crippen molar-refractivity contribution in [2.75, 3.05) is 19.0 Å². The van der Waals surface area contributed by atoms with Crippen LogP contribution in [-0.2, 0) is 0 Å². The molecule has 0 N–H and O–H groups in total. The molecule has 4 aromatic rings. The van der Waals surface area contributed by atoms with E-state index in [1.54, 1.807) is 0 Å². The van der Waals surface area contributed by atoms with Crippen LogP contribution in [0.4, 0.5) is 5.82 Å². The maximum atomic E-state index is 6.52. The van der Waals surface area contributed by atoms with Crippen LogP contribution in [0.5, 0.6) is 0 Å². The molecule has 3 heterocycles. The van der Waals surface area contributed by atoms with Gasteiger partial charge in [0.25, 0.3) is 0 Å². The fraction of sp³-hybridized carbons (Fsp3) is 0.364. The molecule has 1 aromatic carbocycles. The summed E-state index contributed by atoms with van der Waals surface area (Å²) in [5.74, 6) is 2.21. The lowest BCUT2D eigenvalue weighted by atomic mass is 9.93. The number of hydrogen-bond donors (Lipinski definition) is 0. The van der Waals surface area contributed by atoms with Crippen molar-refractivity contribution in [1.82, 2.24) is 18.9 Å². The highest BCUT2D eigenvalue weighted by atomic mass is 35.5. The summed E-state index contributed by atoms with van der Waals surface area (Å²) in [4.78, 5) is 11.5. The van der Waals surface area contributed by atoms with E-state index in [0.717, 1.165) is 46.7 Å². The molecule has 6 heteroatoms. The average molecular weight is 395 g/mol. The summed E-state index contributed by atoms with van der Waals surface area (Å²) in [6, 6.07) is 6.19. The van der Waals surface area contributed by atoms with Gasteiger partial charge in [0.1, 0.15) is 11.3 Å². The van der Waals surface area contributed by atoms with Crippen molar-refractivity contribution in [1.29, 1.82) is 0 Å². The number of anilines is 1. The number of benzene rings is 1. The highest BCUT2D eigenvalue weighted by molar-refractivity contribution is 6.35. The van der Waals surface area contributed by atoms with Gasteiger partial charge in [0.15, 0.2) is 0 Å². The number of fused-ring (bicyclic) bond motifs is 3. The molecule has 0 aliphatic rings. The maximum absolute atomic E-state index is 6.52. The molecular formula is C22H25ClN5. The summed E-state index contributed by atoms with van der Waals surface area (Å²) in [5.41, 5.74) is 5.31. The Morgan fingerprint density at radius 2 is 1.96 bits per heavy atom. The van der Waals surface area contributed by atoms with E-state index < -0.39 is 0 Å². The van der Waals surface area contributed by atoms with Gasteiger partial charge in [-0.1, -0.05) is 31.5 Å². The zero-order valence-corrected chi connectivity index (χ0v) is 17.7. The van der Waals surface area contributed by atoms with Crippen LogP contribution in [0, 0.1) is 13.1 Å². The number of imidazole rings is 2. The summed E-state index contributed by atoms with van der Waals surface area (Å²) >= 11 is 6.52. The average Bonchev–Trinajstić information content (AvgIpc) is 3.24. The molecule has 0 atom stereocenters. The Kier molecular flexibility index (Phi) is 4.79. The molecule has 3 aromatic heterocycles. The number of aromatic nitrogens is 4. The number of rotatable bonds is 5. The van der Waals surface area contributed by atoms with Crippen LogP contribution in [0.3, 0.4) is 0 Å². The lowest BCUT2D eigenvalue weighted by Gasteiger charge is -2.14. The molecule has 0 saturated heterocycles. The molecule has 4 rings (SSSR count). The zero-order chi connectivity index (χ0) is 20.0. The summed E-state index contributed by atoms with van der Waals surface area (Å²) in [5, 5.41) is 0.678. The molecule has 0 bridgehead atoms. The number of hydrogen-bond acceptors (Lipinski definition) is 3. The molecule has 1 radical (unpaired) electrons. The van der Waals surface area contributed by atoms with Crippen LogP contribution in [-0.4, -0.2) is 33.0 Å². The lowest BCUT2D eigenvalue weighted by Crippen LogP contribution is -2.11. The summed E-state index contributed by atoms with van der Waals surface area (Å²) < 4.78 is 4.07. The highest BCUT2D eigenvalue weighted by Gasteiger charge is 2.20. The summed E-state index contributed by atoms with van der Waals surface area (Å²) in [6.07, 6.45) is 9.33. The molecule has 0 fully saturated rings. The van der Waals surface area contributed by atoms with Crippen molar-refractivity contribution in [2.45, 2.75) is 39.5 Å². The van der Waals surface area contributed by atoms with E-state index in [2.05, 4.69) is 48.5 Å². The fourth-order valence-electron chi connectivity index (χ4n) is 3.89. The van der Waals surface area contributed by atoms with Gasteiger partial charge < -0.3 is 4.90 Å². The van der Waals surface area contributed by atoms with E-state index in [1.807, 2.05) is 42.0 Å². The molecule has 145 valence electrons. The minimum Gasteiger partial charge on any atom is -0.363 e. The number of halogens is 1. The quantitative estimate of drug-likeness (QED) is 0.454. The Morgan fingerprint density at radius 3 is 2.61 bits per heavy atom. The van der Waals surface area contributed by atoms with Gasteiger partial charge in [-0.25, -0.2) is 9.97 Å². The third kappa shape index (κ3) is 2.85. The van der Waals surface area contributed by atoms with Crippen molar-refractivity contribution >= 4 is 34.2 Å². The van der Waals surface area contributed by atoms with Crippen LogP contribution in [0.2, 0.25) is 5.02 Å². The van der Waals surface area contributed by atoms with E-state index in [-0.39, 0.29) is 0 Å². The zero-order valence-electron chi connectivity index (χ0n) is 17.0. The fourth-order valence-corrected chi connectivity index (χ4v) is 4.08. The summed E-state index contributed by atoms with van der Waals surface area (Å²) in [6.45, 7) is 6.54. The van der Waals surface area contributed by atoms with Gasteiger partial charge in [-0.15, -0.1) is 0 Å². The van der Waals surface area contributed by atoms with Crippen molar-refractivity contribution in [3.8, 4) is 5.69 Å². The lowest BCUT2D eigenvalue weighted by molar-refractivity contribution is 0.645. The van der Waals surface area contributed by atoms with E-state index in [1.165, 1.54) is 5.56 Å². The molecule has 0 saturated carbocycles. The first-order valence-corrected chi connectivity index (χ1v) is 10.1. The highest BCUT2D eigenvalue weighted by Crippen LogP contribution is 2.35. The molecular weight excluding hydrogens is 370 g/mol. The number of nitrogens with zero attached hydrogens (tertiary/aromatic N) is 5. The SMILES string of the molecule is CCC(CC)c1ccc(Cl)c2nc3n(-c4cnc(N(C)C)cc4C)[c]cn3c12. The second-order valence-electron chi connectivity index (χ2n) is 7.45. The van der Waals surface area contributed by atoms with Crippen LogP contribution in [0.15, 0.2) is 30.6 Å².